The topological polar surface area (TPSA) is 56.0 Å². The first-order valence-electron chi connectivity index (χ1n) is 5.05. The van der Waals surface area contributed by atoms with E-state index in [1.807, 2.05) is 30.5 Å². The lowest BCUT2D eigenvalue weighted by molar-refractivity contribution is 0.814. The molecule has 6 heteroatoms. The fourth-order valence-electron chi connectivity index (χ4n) is 1.56. The predicted octanol–water partition coefficient (Wildman–Crippen LogP) is 1.91. The maximum Gasteiger partial charge on any atom is 0.212 e. The van der Waals surface area contributed by atoms with Crippen LogP contribution < -0.4 is 0 Å². The third-order valence-corrected chi connectivity index (χ3v) is 2.99. The number of fused-ring (bicyclic) bond motifs is 1. The summed E-state index contributed by atoms with van der Waals surface area (Å²) in [5, 5.41) is 13.4. The molecule has 5 nitrogen and oxygen atoms in total. The van der Waals surface area contributed by atoms with E-state index in [9.17, 15) is 0 Å². The largest absolute Gasteiger partial charge is 0.264 e. The third-order valence-electron chi connectivity index (χ3n) is 2.37. The van der Waals surface area contributed by atoms with Gasteiger partial charge in [0.2, 0.25) is 5.16 Å². The third kappa shape index (κ3) is 1.76. The van der Waals surface area contributed by atoms with Gasteiger partial charge in [0.1, 0.15) is 0 Å². The standard InChI is InChI=1S/C11H9N5S/c1-17-11-14-13-10-5-4-9(15-16(10)11)8-3-2-6-12-7-8/h2-7H,1H3. The molecule has 0 amide bonds. The van der Waals surface area contributed by atoms with Gasteiger partial charge in [0.05, 0.1) is 5.69 Å². The van der Waals surface area contributed by atoms with Gasteiger partial charge in [0.25, 0.3) is 0 Å². The molecule has 84 valence electrons. The second kappa shape index (κ2) is 4.14. The minimum atomic E-state index is 0.752. The van der Waals surface area contributed by atoms with Crippen molar-refractivity contribution in [3.05, 3.63) is 36.7 Å². The fraction of sp³-hybridized carbons (Fsp3) is 0.0909. The molecule has 17 heavy (non-hydrogen) atoms. The molecular weight excluding hydrogens is 234 g/mol. The zero-order valence-electron chi connectivity index (χ0n) is 9.11. The average Bonchev–Trinajstić information content (AvgIpc) is 2.81. The highest BCUT2D eigenvalue weighted by Crippen LogP contribution is 2.18. The predicted molar refractivity (Wildman–Crippen MR) is 65.8 cm³/mol. The summed E-state index contributed by atoms with van der Waals surface area (Å²) in [5.74, 6) is 0. The highest BCUT2D eigenvalue weighted by Gasteiger charge is 2.07. The van der Waals surface area contributed by atoms with Crippen LogP contribution in [0.15, 0.2) is 41.8 Å². The lowest BCUT2D eigenvalue weighted by Gasteiger charge is -2.01. The molecule has 0 aliphatic carbocycles. The van der Waals surface area contributed by atoms with E-state index in [0.717, 1.165) is 22.1 Å². The molecule has 0 aliphatic heterocycles. The Bertz CT molecular complexity index is 649. The van der Waals surface area contributed by atoms with Crippen LogP contribution in [0.5, 0.6) is 0 Å². The number of thioether (sulfide) groups is 1. The smallest absolute Gasteiger partial charge is 0.212 e. The van der Waals surface area contributed by atoms with Crippen molar-refractivity contribution in [1.82, 2.24) is 24.8 Å². The molecule has 3 rings (SSSR count). The second-order valence-electron chi connectivity index (χ2n) is 3.42. The van der Waals surface area contributed by atoms with E-state index in [0.29, 0.717) is 0 Å². The summed E-state index contributed by atoms with van der Waals surface area (Å²) in [6.07, 6.45) is 5.49. The molecule has 3 heterocycles. The number of nitrogens with zero attached hydrogens (tertiary/aromatic N) is 5. The van der Waals surface area contributed by atoms with E-state index < -0.39 is 0 Å². The van der Waals surface area contributed by atoms with Gasteiger partial charge in [-0.1, -0.05) is 11.8 Å². The van der Waals surface area contributed by atoms with Crippen LogP contribution in [-0.2, 0) is 0 Å². The first-order chi connectivity index (χ1) is 8.38. The Balaban J connectivity index is 2.19. The van der Waals surface area contributed by atoms with Crippen LogP contribution in [0.3, 0.4) is 0 Å². The molecule has 0 saturated carbocycles. The van der Waals surface area contributed by atoms with Crippen molar-refractivity contribution < 1.29 is 0 Å². The van der Waals surface area contributed by atoms with Gasteiger partial charge in [-0.15, -0.1) is 10.2 Å². The highest BCUT2D eigenvalue weighted by atomic mass is 32.2. The van der Waals surface area contributed by atoms with Crippen LogP contribution in [0.2, 0.25) is 0 Å². The summed E-state index contributed by atoms with van der Waals surface area (Å²) in [5.41, 5.74) is 2.60. The van der Waals surface area contributed by atoms with Crippen LogP contribution in [0.25, 0.3) is 16.9 Å². The van der Waals surface area contributed by atoms with Gasteiger partial charge in [0.15, 0.2) is 5.65 Å². The average molecular weight is 243 g/mol. The highest BCUT2D eigenvalue weighted by molar-refractivity contribution is 7.98. The van der Waals surface area contributed by atoms with Gasteiger partial charge >= 0.3 is 0 Å². The SMILES string of the molecule is CSc1nnc2ccc(-c3cccnc3)nn12. The number of pyridine rings is 1. The van der Waals surface area contributed by atoms with Crippen molar-refractivity contribution in [2.24, 2.45) is 0 Å². The first-order valence-corrected chi connectivity index (χ1v) is 6.28. The normalized spacial score (nSPS) is 10.9. The molecule has 0 spiro atoms. The van der Waals surface area contributed by atoms with Crippen molar-refractivity contribution in [2.45, 2.75) is 5.16 Å². The summed E-state index contributed by atoms with van der Waals surface area (Å²) in [4.78, 5) is 4.09. The summed E-state index contributed by atoms with van der Waals surface area (Å²) in [6.45, 7) is 0. The molecule has 0 radical (unpaired) electrons. The van der Waals surface area contributed by atoms with Crippen molar-refractivity contribution in [3.63, 3.8) is 0 Å². The van der Waals surface area contributed by atoms with Gasteiger partial charge in [0, 0.05) is 18.0 Å². The van der Waals surface area contributed by atoms with Gasteiger partial charge in [-0.3, -0.25) is 4.98 Å². The van der Waals surface area contributed by atoms with E-state index in [1.165, 1.54) is 11.8 Å². The van der Waals surface area contributed by atoms with Crippen molar-refractivity contribution >= 4 is 17.4 Å². The van der Waals surface area contributed by atoms with Crippen LogP contribution in [0.1, 0.15) is 0 Å². The zero-order valence-corrected chi connectivity index (χ0v) is 9.92. The number of hydrogen-bond acceptors (Lipinski definition) is 5. The molecule has 0 bridgehead atoms. The first kappa shape index (κ1) is 10.2. The maximum atomic E-state index is 4.51. The lowest BCUT2D eigenvalue weighted by Crippen LogP contribution is -1.95. The van der Waals surface area contributed by atoms with Gasteiger partial charge in [-0.05, 0) is 30.5 Å². The van der Waals surface area contributed by atoms with Crippen LogP contribution in [0.4, 0.5) is 0 Å². The van der Waals surface area contributed by atoms with Crippen LogP contribution >= 0.6 is 11.8 Å². The summed E-state index contributed by atoms with van der Waals surface area (Å²) >= 11 is 1.52. The van der Waals surface area contributed by atoms with Gasteiger partial charge in [-0.2, -0.15) is 9.61 Å². The van der Waals surface area contributed by atoms with E-state index in [1.54, 1.807) is 16.9 Å². The van der Waals surface area contributed by atoms with Crippen molar-refractivity contribution in [3.8, 4) is 11.3 Å². The maximum absolute atomic E-state index is 4.51. The molecule has 0 aromatic carbocycles. The van der Waals surface area contributed by atoms with Gasteiger partial charge in [-0.25, -0.2) is 0 Å². The Morgan fingerprint density at radius 1 is 1.18 bits per heavy atom. The van der Waals surface area contributed by atoms with E-state index in [2.05, 4.69) is 20.3 Å². The lowest BCUT2D eigenvalue weighted by atomic mass is 10.2. The molecule has 3 aromatic rings. The number of aromatic nitrogens is 5. The zero-order chi connectivity index (χ0) is 11.7. The van der Waals surface area contributed by atoms with Gasteiger partial charge < -0.3 is 0 Å². The van der Waals surface area contributed by atoms with E-state index in [-0.39, 0.29) is 0 Å². The monoisotopic (exact) mass is 243 g/mol. The second-order valence-corrected chi connectivity index (χ2v) is 4.19. The molecule has 0 fully saturated rings. The molecule has 0 unspecified atom stereocenters. The van der Waals surface area contributed by atoms with Crippen molar-refractivity contribution in [2.75, 3.05) is 6.26 Å². The number of hydrogen-bond donors (Lipinski definition) is 0. The molecule has 0 N–H and O–H groups in total. The van der Waals surface area contributed by atoms with Crippen molar-refractivity contribution in [1.29, 1.82) is 0 Å². The quantitative estimate of drug-likeness (QED) is 0.643. The van der Waals surface area contributed by atoms with Crippen LogP contribution in [0, 0.1) is 0 Å². The summed E-state index contributed by atoms with van der Waals surface area (Å²) in [6, 6.07) is 7.69. The molecule has 0 atom stereocenters. The molecule has 0 aliphatic rings. The molecular formula is C11H9N5S. The Morgan fingerprint density at radius 2 is 2.12 bits per heavy atom. The van der Waals surface area contributed by atoms with E-state index in [4.69, 9.17) is 0 Å². The summed E-state index contributed by atoms with van der Waals surface area (Å²) in [7, 11) is 0. The Morgan fingerprint density at radius 3 is 2.88 bits per heavy atom. The van der Waals surface area contributed by atoms with Crippen LogP contribution in [-0.4, -0.2) is 31.1 Å². The minimum absolute atomic E-state index is 0.752. The Labute approximate surface area is 102 Å². The fourth-order valence-corrected chi connectivity index (χ4v) is 1.99. The Kier molecular flexibility index (Phi) is 2.49. The molecule has 3 aromatic heterocycles. The Hall–Kier alpha value is -1.95. The van der Waals surface area contributed by atoms with E-state index >= 15 is 0 Å². The molecule has 0 saturated heterocycles. The summed E-state index contributed by atoms with van der Waals surface area (Å²) < 4.78 is 1.74. The minimum Gasteiger partial charge on any atom is -0.264 e. The number of rotatable bonds is 2.